The van der Waals surface area contributed by atoms with Gasteiger partial charge in [0, 0.05) is 19.4 Å². The number of rotatable bonds is 26. The van der Waals surface area contributed by atoms with Crippen molar-refractivity contribution >= 4 is 19.8 Å². The quantitative estimate of drug-likeness (QED) is 0.0482. The van der Waals surface area contributed by atoms with Gasteiger partial charge in [-0.3, -0.25) is 18.6 Å². The summed E-state index contributed by atoms with van der Waals surface area (Å²) in [6.07, 6.45) is 26.3. The van der Waals surface area contributed by atoms with Gasteiger partial charge in [0.1, 0.15) is 6.61 Å². The largest absolute Gasteiger partial charge is 0.472 e. The molecule has 10 heteroatoms. The zero-order valence-electron chi connectivity index (χ0n) is 24.5. The molecule has 3 N–H and O–H groups in total. The highest BCUT2D eigenvalue weighted by molar-refractivity contribution is 7.47. The number of esters is 2. The molecule has 0 aromatic rings. The molecule has 40 heavy (non-hydrogen) atoms. The van der Waals surface area contributed by atoms with E-state index in [-0.39, 0.29) is 32.6 Å². The topological polar surface area (TPSA) is 134 Å². The van der Waals surface area contributed by atoms with Crippen LogP contribution in [0.4, 0.5) is 0 Å². The molecule has 0 saturated carbocycles. The summed E-state index contributed by atoms with van der Waals surface area (Å²) < 4.78 is 32.2. The van der Waals surface area contributed by atoms with Crippen LogP contribution in [0.25, 0.3) is 0 Å². The van der Waals surface area contributed by atoms with Crippen LogP contribution in [0.5, 0.6) is 0 Å². The fourth-order valence-electron chi connectivity index (χ4n) is 3.35. The fourth-order valence-corrected chi connectivity index (χ4v) is 4.12. The maximum atomic E-state index is 12.3. The molecule has 2 atom stereocenters. The Morgan fingerprint density at radius 2 is 1.38 bits per heavy atom. The Balaban J connectivity index is 4.50. The summed E-state index contributed by atoms with van der Waals surface area (Å²) in [5, 5.41) is 0. The number of carbonyl (C=O) groups excluding carboxylic acids is 2. The fraction of sp³-hybridized carbons (Fsp3) is 0.667. The van der Waals surface area contributed by atoms with Crippen LogP contribution in [0, 0.1) is 0 Å². The minimum absolute atomic E-state index is 0.0413. The Labute approximate surface area is 241 Å². The summed E-state index contributed by atoms with van der Waals surface area (Å²) in [4.78, 5) is 34.2. The summed E-state index contributed by atoms with van der Waals surface area (Å²) in [7, 11) is -4.37. The molecule has 230 valence electrons. The average Bonchev–Trinajstić information content (AvgIpc) is 2.93. The highest BCUT2D eigenvalue weighted by Crippen LogP contribution is 2.43. The van der Waals surface area contributed by atoms with E-state index in [1.165, 1.54) is 6.42 Å². The van der Waals surface area contributed by atoms with Gasteiger partial charge in [0.25, 0.3) is 0 Å². The lowest BCUT2D eigenvalue weighted by Gasteiger charge is -2.19. The first-order chi connectivity index (χ1) is 19.3. The Bertz CT molecular complexity index is 810. The summed E-state index contributed by atoms with van der Waals surface area (Å²) in [6, 6.07) is 0. The molecular formula is C30H52NO8P. The Morgan fingerprint density at radius 3 is 2.00 bits per heavy atom. The molecule has 0 aromatic carbocycles. The number of hydrogen-bond acceptors (Lipinski definition) is 8. The monoisotopic (exact) mass is 585 g/mol. The Morgan fingerprint density at radius 1 is 0.775 bits per heavy atom. The van der Waals surface area contributed by atoms with Gasteiger partial charge in [-0.15, -0.1) is 0 Å². The van der Waals surface area contributed by atoms with E-state index in [0.29, 0.717) is 6.42 Å². The zero-order valence-corrected chi connectivity index (χ0v) is 25.4. The molecule has 0 saturated heterocycles. The van der Waals surface area contributed by atoms with E-state index < -0.39 is 32.5 Å². The molecule has 0 aromatic heterocycles. The van der Waals surface area contributed by atoms with Gasteiger partial charge in [-0.25, -0.2) is 4.57 Å². The summed E-state index contributed by atoms with van der Waals surface area (Å²) in [5.74, 6) is -0.943. The van der Waals surface area contributed by atoms with Gasteiger partial charge in [0.15, 0.2) is 6.10 Å². The van der Waals surface area contributed by atoms with Gasteiger partial charge in [-0.05, 0) is 38.5 Å². The first-order valence-corrected chi connectivity index (χ1v) is 16.1. The van der Waals surface area contributed by atoms with E-state index in [4.69, 9.17) is 24.3 Å². The SMILES string of the molecule is CC/C=C\C/C=C\C/C=C\C/C=C\CCC(=O)OC(COC(=O)CCCCCCCC)COP(=O)(O)OCCN. The molecule has 0 heterocycles. The second-order valence-electron chi connectivity index (χ2n) is 9.24. The number of carbonyl (C=O) groups is 2. The van der Waals surface area contributed by atoms with E-state index in [0.717, 1.165) is 57.8 Å². The van der Waals surface area contributed by atoms with Gasteiger partial charge in [0.2, 0.25) is 0 Å². The van der Waals surface area contributed by atoms with Gasteiger partial charge < -0.3 is 20.1 Å². The summed E-state index contributed by atoms with van der Waals surface area (Å²) in [6.45, 7) is 3.40. The number of hydrogen-bond donors (Lipinski definition) is 2. The Kier molecular flexibility index (Phi) is 25.8. The maximum absolute atomic E-state index is 12.3. The number of nitrogens with two attached hydrogens (primary N) is 1. The molecule has 0 amide bonds. The van der Waals surface area contributed by atoms with Crippen LogP contribution in [-0.4, -0.2) is 49.3 Å². The van der Waals surface area contributed by atoms with Crippen molar-refractivity contribution in [2.45, 2.75) is 103 Å². The lowest BCUT2D eigenvalue weighted by atomic mass is 10.1. The predicted molar refractivity (Wildman–Crippen MR) is 160 cm³/mol. The smallest absolute Gasteiger partial charge is 0.462 e. The second-order valence-corrected chi connectivity index (χ2v) is 10.7. The highest BCUT2D eigenvalue weighted by Gasteiger charge is 2.25. The minimum atomic E-state index is -4.37. The van der Waals surface area contributed by atoms with Crippen molar-refractivity contribution in [1.29, 1.82) is 0 Å². The third-order valence-electron chi connectivity index (χ3n) is 5.49. The predicted octanol–water partition coefficient (Wildman–Crippen LogP) is 6.87. The van der Waals surface area contributed by atoms with Crippen molar-refractivity contribution in [3.8, 4) is 0 Å². The van der Waals surface area contributed by atoms with Crippen molar-refractivity contribution in [1.82, 2.24) is 0 Å². The molecule has 0 fully saturated rings. The van der Waals surface area contributed by atoms with Gasteiger partial charge >= 0.3 is 19.8 Å². The molecule has 0 aliphatic heterocycles. The van der Waals surface area contributed by atoms with Crippen LogP contribution in [0.2, 0.25) is 0 Å². The minimum Gasteiger partial charge on any atom is -0.462 e. The first kappa shape index (κ1) is 38.0. The van der Waals surface area contributed by atoms with E-state index in [9.17, 15) is 19.0 Å². The van der Waals surface area contributed by atoms with Gasteiger partial charge in [0.05, 0.1) is 13.2 Å². The molecule has 0 bridgehead atoms. The van der Waals surface area contributed by atoms with Crippen LogP contribution in [0.3, 0.4) is 0 Å². The maximum Gasteiger partial charge on any atom is 0.472 e. The van der Waals surface area contributed by atoms with Crippen molar-refractivity contribution in [2.75, 3.05) is 26.4 Å². The van der Waals surface area contributed by atoms with Crippen LogP contribution in [0.1, 0.15) is 97.3 Å². The molecule has 0 aliphatic carbocycles. The normalized spacial score (nSPS) is 14.4. The van der Waals surface area contributed by atoms with Crippen LogP contribution in [0.15, 0.2) is 48.6 Å². The number of phosphoric ester groups is 1. The highest BCUT2D eigenvalue weighted by atomic mass is 31.2. The van der Waals surface area contributed by atoms with Crippen LogP contribution >= 0.6 is 7.82 Å². The first-order valence-electron chi connectivity index (χ1n) is 14.6. The molecule has 2 unspecified atom stereocenters. The van der Waals surface area contributed by atoms with Crippen LogP contribution in [-0.2, 0) is 32.7 Å². The number of allylic oxidation sites excluding steroid dienone is 8. The molecule has 0 spiro atoms. The number of ether oxygens (including phenoxy) is 2. The lowest BCUT2D eigenvalue weighted by Crippen LogP contribution is -2.29. The van der Waals surface area contributed by atoms with E-state index in [2.05, 4.69) is 50.3 Å². The van der Waals surface area contributed by atoms with E-state index >= 15 is 0 Å². The third-order valence-corrected chi connectivity index (χ3v) is 6.48. The van der Waals surface area contributed by atoms with Crippen molar-refractivity contribution in [3.63, 3.8) is 0 Å². The molecule has 0 aliphatic rings. The molecule has 0 rings (SSSR count). The third kappa shape index (κ3) is 26.2. The summed E-state index contributed by atoms with van der Waals surface area (Å²) in [5.41, 5.74) is 5.28. The second kappa shape index (κ2) is 27.2. The van der Waals surface area contributed by atoms with Crippen molar-refractivity contribution in [2.24, 2.45) is 5.73 Å². The standard InChI is InChI=1S/C30H52NO8P/c1-3-5-7-9-11-12-13-14-15-16-17-19-21-23-30(33)39-28(27-38-40(34,35)37-25-24-31)26-36-29(32)22-20-18-10-8-6-4-2/h5,7,11-12,14-15,17,19,28H,3-4,6,8-10,13,16,18,20-27,31H2,1-2H3,(H,34,35)/b7-5-,12-11-,15-14-,19-17-. The van der Waals surface area contributed by atoms with Gasteiger partial charge in [-0.2, -0.15) is 0 Å². The summed E-state index contributed by atoms with van der Waals surface area (Å²) >= 11 is 0. The van der Waals surface area contributed by atoms with E-state index in [1.54, 1.807) is 0 Å². The van der Waals surface area contributed by atoms with Crippen LogP contribution < -0.4 is 5.73 Å². The van der Waals surface area contributed by atoms with Crippen molar-refractivity contribution < 1.29 is 37.6 Å². The Hall–Kier alpha value is -2.03. The van der Waals surface area contributed by atoms with Gasteiger partial charge in [-0.1, -0.05) is 94.6 Å². The number of unbranched alkanes of at least 4 members (excludes halogenated alkanes) is 5. The molecule has 0 radical (unpaired) electrons. The number of phosphoric acid groups is 1. The van der Waals surface area contributed by atoms with Crippen molar-refractivity contribution in [3.05, 3.63) is 48.6 Å². The molecular weight excluding hydrogens is 533 g/mol. The molecule has 9 nitrogen and oxygen atoms in total. The van der Waals surface area contributed by atoms with E-state index in [1.807, 2.05) is 12.2 Å². The lowest BCUT2D eigenvalue weighted by molar-refractivity contribution is -0.161. The zero-order chi connectivity index (χ0) is 29.7. The average molecular weight is 586 g/mol.